The van der Waals surface area contributed by atoms with E-state index in [4.69, 9.17) is 15.2 Å². The molecule has 0 atom stereocenters. The van der Waals surface area contributed by atoms with Crippen LogP contribution in [-0.2, 0) is 6.54 Å². The number of rotatable bonds is 10. The van der Waals surface area contributed by atoms with Crippen molar-refractivity contribution in [3.63, 3.8) is 0 Å². The van der Waals surface area contributed by atoms with Crippen molar-refractivity contribution in [2.45, 2.75) is 47.1 Å². The number of pyridine rings is 1. The summed E-state index contributed by atoms with van der Waals surface area (Å²) < 4.78 is 13.4. The van der Waals surface area contributed by atoms with Gasteiger partial charge in [0.15, 0.2) is 5.75 Å². The zero-order valence-corrected chi connectivity index (χ0v) is 18.0. The zero-order valence-electron chi connectivity index (χ0n) is 18.0. The Morgan fingerprint density at radius 1 is 1.14 bits per heavy atom. The molecule has 5 heteroatoms. The van der Waals surface area contributed by atoms with E-state index in [2.05, 4.69) is 33.4 Å². The largest absolute Gasteiger partial charge is 0.485 e. The molecule has 1 aromatic heterocycles. The Morgan fingerprint density at radius 3 is 2.52 bits per heavy atom. The molecule has 0 aliphatic carbocycles. The SMILES string of the molecule is C=CCOc1c(OCC=C(C)CCC=C(C)C)c2ccc(N)cc2n(CC)c1=O. The lowest BCUT2D eigenvalue weighted by Gasteiger charge is -2.17. The average Bonchev–Trinajstić information content (AvgIpc) is 2.67. The number of nitrogens with zero attached hydrogens (tertiary/aromatic N) is 1. The molecular weight excluding hydrogens is 364 g/mol. The van der Waals surface area contributed by atoms with Gasteiger partial charge in [-0.15, -0.1) is 0 Å². The van der Waals surface area contributed by atoms with E-state index in [-0.39, 0.29) is 17.9 Å². The Labute approximate surface area is 173 Å². The van der Waals surface area contributed by atoms with Gasteiger partial charge in [-0.05, 0) is 64.8 Å². The van der Waals surface area contributed by atoms with Crippen LogP contribution in [0.5, 0.6) is 11.5 Å². The average molecular weight is 397 g/mol. The van der Waals surface area contributed by atoms with Crippen molar-refractivity contribution in [1.82, 2.24) is 4.57 Å². The normalized spacial score (nSPS) is 11.4. The minimum atomic E-state index is -0.230. The molecule has 156 valence electrons. The summed E-state index contributed by atoms with van der Waals surface area (Å²) in [6.07, 6.45) is 7.86. The van der Waals surface area contributed by atoms with Crippen LogP contribution in [0.3, 0.4) is 0 Å². The number of fused-ring (bicyclic) bond motifs is 1. The third kappa shape index (κ3) is 5.76. The molecule has 2 rings (SSSR count). The molecule has 0 radical (unpaired) electrons. The number of hydrogen-bond donors (Lipinski definition) is 1. The van der Waals surface area contributed by atoms with Gasteiger partial charge in [0.05, 0.1) is 5.52 Å². The molecule has 0 aliphatic heterocycles. The Hall–Kier alpha value is -2.95. The van der Waals surface area contributed by atoms with Crippen LogP contribution in [0, 0.1) is 0 Å². The van der Waals surface area contributed by atoms with E-state index < -0.39 is 0 Å². The van der Waals surface area contributed by atoms with Gasteiger partial charge in [0, 0.05) is 17.6 Å². The Morgan fingerprint density at radius 2 is 1.86 bits per heavy atom. The van der Waals surface area contributed by atoms with Gasteiger partial charge in [-0.3, -0.25) is 4.79 Å². The van der Waals surface area contributed by atoms with E-state index in [0.29, 0.717) is 24.6 Å². The van der Waals surface area contributed by atoms with Crippen molar-refractivity contribution >= 4 is 16.6 Å². The van der Waals surface area contributed by atoms with Gasteiger partial charge < -0.3 is 19.8 Å². The van der Waals surface area contributed by atoms with E-state index in [0.717, 1.165) is 23.7 Å². The standard InChI is InChI=1S/C24H32N2O3/c1-6-14-28-23-22(29-15-13-18(5)10-8-9-17(3)4)20-12-11-19(25)16-21(20)26(7-2)24(23)27/h6,9,11-13,16H,1,7-8,10,14-15,25H2,2-5H3. The Balaban J connectivity index is 2.40. The summed E-state index contributed by atoms with van der Waals surface area (Å²) in [5, 5.41) is 0.801. The number of nitrogens with two attached hydrogens (primary N) is 1. The number of anilines is 1. The lowest BCUT2D eigenvalue weighted by molar-refractivity contribution is 0.305. The third-order valence-electron chi connectivity index (χ3n) is 4.62. The van der Waals surface area contributed by atoms with Gasteiger partial charge in [0.25, 0.3) is 5.56 Å². The predicted molar refractivity (Wildman–Crippen MR) is 122 cm³/mol. The summed E-state index contributed by atoms with van der Waals surface area (Å²) in [4.78, 5) is 13.0. The molecule has 1 aromatic carbocycles. The molecule has 0 bridgehead atoms. The monoisotopic (exact) mass is 396 g/mol. The third-order valence-corrected chi connectivity index (χ3v) is 4.62. The molecule has 0 fully saturated rings. The minimum Gasteiger partial charge on any atom is -0.485 e. The zero-order chi connectivity index (χ0) is 21.4. The van der Waals surface area contributed by atoms with Crippen LogP contribution in [0.2, 0.25) is 0 Å². The fourth-order valence-corrected chi connectivity index (χ4v) is 3.10. The van der Waals surface area contributed by atoms with Crippen molar-refractivity contribution in [2.24, 2.45) is 0 Å². The summed E-state index contributed by atoms with van der Waals surface area (Å²) in [5.41, 5.74) is 9.63. The van der Waals surface area contributed by atoms with Gasteiger partial charge in [-0.1, -0.05) is 29.9 Å². The maximum atomic E-state index is 13.0. The first-order chi connectivity index (χ1) is 13.9. The quantitative estimate of drug-likeness (QED) is 0.440. The van der Waals surface area contributed by atoms with Crippen molar-refractivity contribution in [2.75, 3.05) is 18.9 Å². The molecule has 1 heterocycles. The fourth-order valence-electron chi connectivity index (χ4n) is 3.10. The molecule has 2 aromatic rings. The lowest BCUT2D eigenvalue weighted by atomic mass is 10.1. The number of hydrogen-bond acceptors (Lipinski definition) is 4. The van der Waals surface area contributed by atoms with Crippen LogP contribution in [0.25, 0.3) is 10.9 Å². The second kappa shape index (κ2) is 10.6. The molecule has 0 saturated carbocycles. The van der Waals surface area contributed by atoms with Crippen LogP contribution in [-0.4, -0.2) is 17.8 Å². The van der Waals surface area contributed by atoms with E-state index in [9.17, 15) is 4.79 Å². The van der Waals surface area contributed by atoms with Crippen LogP contribution in [0.4, 0.5) is 5.69 Å². The molecule has 0 aliphatic rings. The second-order valence-corrected chi connectivity index (χ2v) is 7.27. The summed E-state index contributed by atoms with van der Waals surface area (Å²) in [6.45, 7) is 13.0. The highest BCUT2D eigenvalue weighted by Crippen LogP contribution is 2.34. The molecule has 0 spiro atoms. The topological polar surface area (TPSA) is 66.5 Å². The molecule has 0 saturated heterocycles. The summed E-state index contributed by atoms with van der Waals surface area (Å²) >= 11 is 0. The second-order valence-electron chi connectivity index (χ2n) is 7.27. The maximum Gasteiger partial charge on any atom is 0.297 e. The molecule has 0 unspecified atom stereocenters. The Bertz CT molecular complexity index is 980. The molecule has 2 N–H and O–H groups in total. The maximum absolute atomic E-state index is 13.0. The number of benzene rings is 1. The highest BCUT2D eigenvalue weighted by molar-refractivity contribution is 5.90. The number of allylic oxidation sites excluding steroid dienone is 3. The van der Waals surface area contributed by atoms with Gasteiger partial charge in [0.2, 0.25) is 5.75 Å². The predicted octanol–water partition coefficient (Wildman–Crippen LogP) is 5.24. The molecule has 29 heavy (non-hydrogen) atoms. The van der Waals surface area contributed by atoms with Gasteiger partial charge in [0.1, 0.15) is 13.2 Å². The Kier molecular flexibility index (Phi) is 8.13. The summed E-state index contributed by atoms with van der Waals surface area (Å²) in [7, 11) is 0. The van der Waals surface area contributed by atoms with Gasteiger partial charge in [-0.2, -0.15) is 0 Å². The summed E-state index contributed by atoms with van der Waals surface area (Å²) in [5.74, 6) is 0.657. The summed E-state index contributed by atoms with van der Waals surface area (Å²) in [6, 6.07) is 5.47. The molecule has 5 nitrogen and oxygen atoms in total. The van der Waals surface area contributed by atoms with Gasteiger partial charge in [-0.25, -0.2) is 0 Å². The number of aryl methyl sites for hydroxylation is 1. The van der Waals surface area contributed by atoms with E-state index in [1.54, 1.807) is 22.8 Å². The first-order valence-corrected chi connectivity index (χ1v) is 10.0. The first kappa shape index (κ1) is 22.3. The lowest BCUT2D eigenvalue weighted by Crippen LogP contribution is -2.23. The van der Waals surface area contributed by atoms with E-state index in [1.807, 2.05) is 19.1 Å². The number of ether oxygens (including phenoxy) is 2. The van der Waals surface area contributed by atoms with Crippen molar-refractivity contribution < 1.29 is 9.47 Å². The van der Waals surface area contributed by atoms with E-state index in [1.165, 1.54) is 11.1 Å². The number of nitrogen functional groups attached to an aromatic ring is 1. The van der Waals surface area contributed by atoms with Crippen LogP contribution < -0.4 is 20.8 Å². The fraction of sp³-hybridized carbons (Fsp3) is 0.375. The number of aromatic nitrogens is 1. The van der Waals surface area contributed by atoms with Crippen LogP contribution in [0.1, 0.15) is 40.5 Å². The molecule has 0 amide bonds. The molecular formula is C24H32N2O3. The van der Waals surface area contributed by atoms with Crippen molar-refractivity contribution in [3.05, 3.63) is 64.5 Å². The smallest absolute Gasteiger partial charge is 0.297 e. The van der Waals surface area contributed by atoms with Crippen LogP contribution >= 0.6 is 0 Å². The van der Waals surface area contributed by atoms with E-state index >= 15 is 0 Å². The highest BCUT2D eigenvalue weighted by atomic mass is 16.5. The highest BCUT2D eigenvalue weighted by Gasteiger charge is 2.19. The van der Waals surface area contributed by atoms with Crippen LogP contribution in [0.15, 0.2) is 58.9 Å². The van der Waals surface area contributed by atoms with Crippen molar-refractivity contribution in [3.8, 4) is 11.5 Å². The first-order valence-electron chi connectivity index (χ1n) is 10.0. The minimum absolute atomic E-state index is 0.208. The van der Waals surface area contributed by atoms with Gasteiger partial charge >= 0.3 is 0 Å². The van der Waals surface area contributed by atoms with Crippen molar-refractivity contribution in [1.29, 1.82) is 0 Å².